The van der Waals surface area contributed by atoms with Crippen molar-refractivity contribution in [2.75, 3.05) is 18.6 Å². The van der Waals surface area contributed by atoms with Crippen molar-refractivity contribution in [3.8, 4) is 11.5 Å². The van der Waals surface area contributed by atoms with E-state index in [0.29, 0.717) is 28.8 Å². The van der Waals surface area contributed by atoms with Gasteiger partial charge in [-0.05, 0) is 69.5 Å². The number of para-hydroxylation sites is 2. The molecule has 6 nitrogen and oxygen atoms in total. The molecule has 0 spiro atoms. The first-order valence-corrected chi connectivity index (χ1v) is 11.3. The van der Waals surface area contributed by atoms with E-state index in [1.54, 1.807) is 49.6 Å². The predicted octanol–water partition coefficient (Wildman–Crippen LogP) is 5.19. The van der Waals surface area contributed by atoms with Crippen LogP contribution in [0.25, 0.3) is 6.08 Å². The van der Waals surface area contributed by atoms with E-state index in [0.717, 1.165) is 15.6 Å². The highest BCUT2D eigenvalue weighted by molar-refractivity contribution is 9.10. The molecule has 1 N–H and O–H groups in total. The second-order valence-corrected chi connectivity index (χ2v) is 8.56. The third-order valence-corrected chi connectivity index (χ3v) is 5.88. The van der Waals surface area contributed by atoms with Gasteiger partial charge in [0.15, 0.2) is 11.5 Å². The summed E-state index contributed by atoms with van der Waals surface area (Å²) >= 11 is 9.35. The average Bonchev–Trinajstić information content (AvgIpc) is 2.81. The molecule has 33 heavy (non-hydrogen) atoms. The number of carbonyl (C=O) groups is 2. The Bertz CT molecular complexity index is 1230. The summed E-state index contributed by atoms with van der Waals surface area (Å²) in [5.41, 5.74) is 2.20. The molecular weight excluding hydrogens is 508 g/mol. The molecule has 1 aliphatic rings. The fourth-order valence-electron chi connectivity index (χ4n) is 3.35. The van der Waals surface area contributed by atoms with Crippen LogP contribution in [0, 0.1) is 0 Å². The van der Waals surface area contributed by atoms with E-state index in [1.165, 1.54) is 4.90 Å². The van der Waals surface area contributed by atoms with Gasteiger partial charge < -0.3 is 14.8 Å². The predicted molar refractivity (Wildman–Crippen MR) is 131 cm³/mol. The standard InChI is InChI=1S/C25H20BrClN2O4/c1-32-21-11-8-17(12-19(21)26)13-23-25(31)29(20-4-2-3-5-22(20)33-23)15-24(30)28-14-16-6-9-18(27)10-7-16/h2-13H,14-15H2,1H3,(H,28,30)/b23-13-. The van der Waals surface area contributed by atoms with Crippen molar-refractivity contribution in [3.63, 3.8) is 0 Å². The summed E-state index contributed by atoms with van der Waals surface area (Å²) in [5.74, 6) is 0.610. The van der Waals surface area contributed by atoms with E-state index in [9.17, 15) is 9.59 Å². The van der Waals surface area contributed by atoms with Crippen molar-refractivity contribution in [1.29, 1.82) is 0 Å². The van der Waals surface area contributed by atoms with Crippen molar-refractivity contribution >= 4 is 51.1 Å². The number of benzene rings is 3. The molecule has 3 aromatic rings. The van der Waals surface area contributed by atoms with Crippen LogP contribution in [0.3, 0.4) is 0 Å². The number of hydrogen-bond acceptors (Lipinski definition) is 4. The molecule has 0 aromatic heterocycles. The molecule has 8 heteroatoms. The largest absolute Gasteiger partial charge is 0.496 e. The van der Waals surface area contributed by atoms with Crippen LogP contribution < -0.4 is 19.7 Å². The first-order valence-electron chi connectivity index (χ1n) is 10.1. The van der Waals surface area contributed by atoms with Gasteiger partial charge in [-0.25, -0.2) is 0 Å². The Morgan fingerprint density at radius 2 is 1.91 bits per heavy atom. The van der Waals surface area contributed by atoms with E-state index in [-0.39, 0.29) is 18.2 Å². The van der Waals surface area contributed by atoms with Crippen LogP contribution >= 0.6 is 27.5 Å². The Morgan fingerprint density at radius 3 is 2.64 bits per heavy atom. The Hall–Kier alpha value is -3.29. The number of hydrogen-bond donors (Lipinski definition) is 1. The summed E-state index contributed by atoms with van der Waals surface area (Å²) in [5, 5.41) is 3.47. The zero-order chi connectivity index (χ0) is 23.4. The van der Waals surface area contributed by atoms with E-state index in [2.05, 4.69) is 21.2 Å². The van der Waals surface area contributed by atoms with Crippen molar-refractivity contribution < 1.29 is 19.1 Å². The van der Waals surface area contributed by atoms with Gasteiger partial charge in [-0.3, -0.25) is 14.5 Å². The molecule has 0 unspecified atom stereocenters. The van der Waals surface area contributed by atoms with E-state index < -0.39 is 5.91 Å². The number of amides is 2. The van der Waals surface area contributed by atoms with Crippen molar-refractivity contribution in [2.24, 2.45) is 0 Å². The maximum atomic E-state index is 13.2. The molecule has 4 rings (SSSR count). The minimum atomic E-state index is -0.401. The Morgan fingerprint density at radius 1 is 1.15 bits per heavy atom. The normalized spacial score (nSPS) is 14.0. The highest BCUT2D eigenvalue weighted by Crippen LogP contribution is 2.36. The van der Waals surface area contributed by atoms with E-state index in [1.807, 2.05) is 30.3 Å². The third kappa shape index (κ3) is 5.38. The molecule has 0 atom stereocenters. The fourth-order valence-corrected chi connectivity index (χ4v) is 4.03. The average molecular weight is 528 g/mol. The lowest BCUT2D eigenvalue weighted by atomic mass is 10.1. The molecule has 0 saturated heterocycles. The van der Waals surface area contributed by atoms with Gasteiger partial charge in [0.2, 0.25) is 5.91 Å². The summed E-state index contributed by atoms with van der Waals surface area (Å²) in [6, 6.07) is 19.8. The molecule has 0 aliphatic carbocycles. The van der Waals surface area contributed by atoms with Crippen LogP contribution in [0.2, 0.25) is 5.02 Å². The number of nitrogens with one attached hydrogen (secondary N) is 1. The van der Waals surface area contributed by atoms with Crippen LogP contribution in [0.4, 0.5) is 5.69 Å². The highest BCUT2D eigenvalue weighted by Gasteiger charge is 2.31. The SMILES string of the molecule is COc1ccc(/C=C2\Oc3ccccc3N(CC(=O)NCc3ccc(Cl)cc3)C2=O)cc1Br. The molecule has 2 amide bonds. The number of ether oxygens (including phenoxy) is 2. The van der Waals surface area contributed by atoms with Crippen molar-refractivity contribution in [1.82, 2.24) is 5.32 Å². The number of carbonyl (C=O) groups excluding carboxylic acids is 2. The minimum absolute atomic E-state index is 0.122. The van der Waals surface area contributed by atoms with Gasteiger partial charge in [-0.1, -0.05) is 41.9 Å². The van der Waals surface area contributed by atoms with Crippen LogP contribution in [0.5, 0.6) is 11.5 Å². The molecule has 3 aromatic carbocycles. The highest BCUT2D eigenvalue weighted by atomic mass is 79.9. The maximum absolute atomic E-state index is 13.2. The molecule has 0 fully saturated rings. The van der Waals surface area contributed by atoms with Crippen molar-refractivity contribution in [3.05, 3.63) is 93.1 Å². The van der Waals surface area contributed by atoms with Crippen molar-refractivity contribution in [2.45, 2.75) is 6.54 Å². The lowest BCUT2D eigenvalue weighted by Crippen LogP contribution is -2.44. The van der Waals surface area contributed by atoms with Gasteiger partial charge in [-0.2, -0.15) is 0 Å². The summed E-state index contributed by atoms with van der Waals surface area (Å²) < 4.78 is 11.9. The first-order chi connectivity index (χ1) is 15.9. The van der Waals surface area contributed by atoms with E-state index in [4.69, 9.17) is 21.1 Å². The quantitative estimate of drug-likeness (QED) is 0.448. The van der Waals surface area contributed by atoms with Gasteiger partial charge in [0, 0.05) is 11.6 Å². The number of rotatable bonds is 6. The smallest absolute Gasteiger partial charge is 0.294 e. The van der Waals surface area contributed by atoms with Crippen LogP contribution in [-0.2, 0) is 16.1 Å². The molecule has 0 bridgehead atoms. The second-order valence-electron chi connectivity index (χ2n) is 7.27. The fraction of sp³-hybridized carbons (Fsp3) is 0.120. The Kier molecular flexibility index (Phi) is 7.01. The first kappa shape index (κ1) is 22.9. The van der Waals surface area contributed by atoms with Gasteiger partial charge in [0.25, 0.3) is 5.91 Å². The molecule has 0 radical (unpaired) electrons. The molecule has 1 heterocycles. The lowest BCUT2D eigenvalue weighted by molar-refractivity contribution is -0.123. The summed E-state index contributed by atoms with van der Waals surface area (Å²) in [6.07, 6.45) is 1.64. The van der Waals surface area contributed by atoms with Gasteiger partial charge in [0.1, 0.15) is 12.3 Å². The minimum Gasteiger partial charge on any atom is -0.496 e. The zero-order valence-corrected chi connectivity index (χ0v) is 20.0. The monoisotopic (exact) mass is 526 g/mol. The Labute approximate surface area is 204 Å². The number of methoxy groups -OCH3 is 1. The summed E-state index contributed by atoms with van der Waals surface area (Å²) in [6.45, 7) is 0.190. The van der Waals surface area contributed by atoms with Gasteiger partial charge in [0.05, 0.1) is 17.3 Å². The van der Waals surface area contributed by atoms with Crippen LogP contribution in [0.1, 0.15) is 11.1 Å². The molecule has 0 saturated carbocycles. The number of halogens is 2. The van der Waals surface area contributed by atoms with Crippen LogP contribution in [-0.4, -0.2) is 25.5 Å². The van der Waals surface area contributed by atoms with E-state index >= 15 is 0 Å². The second kappa shape index (κ2) is 10.1. The van der Waals surface area contributed by atoms with Gasteiger partial charge >= 0.3 is 0 Å². The number of nitrogens with zero attached hydrogens (tertiary/aromatic N) is 1. The number of fused-ring (bicyclic) bond motifs is 1. The summed E-state index contributed by atoms with van der Waals surface area (Å²) in [7, 11) is 1.58. The lowest BCUT2D eigenvalue weighted by Gasteiger charge is -2.30. The number of anilines is 1. The maximum Gasteiger partial charge on any atom is 0.294 e. The zero-order valence-electron chi connectivity index (χ0n) is 17.7. The molecular formula is C25H20BrClN2O4. The summed E-state index contributed by atoms with van der Waals surface area (Å²) in [4.78, 5) is 27.3. The van der Waals surface area contributed by atoms with Gasteiger partial charge in [-0.15, -0.1) is 0 Å². The van der Waals surface area contributed by atoms with Crippen LogP contribution in [0.15, 0.2) is 77.0 Å². The molecule has 1 aliphatic heterocycles. The third-order valence-electron chi connectivity index (χ3n) is 5.01. The Balaban J connectivity index is 1.55. The topological polar surface area (TPSA) is 67.9 Å². The molecule has 168 valence electrons.